The molecule has 0 spiro atoms. The van der Waals surface area contributed by atoms with Gasteiger partial charge in [-0.15, -0.1) is 10.2 Å². The maximum absolute atomic E-state index is 13.7. The summed E-state index contributed by atoms with van der Waals surface area (Å²) in [7, 11) is 1.83. The summed E-state index contributed by atoms with van der Waals surface area (Å²) in [5, 5.41) is 17.3. The fourth-order valence-electron chi connectivity index (χ4n) is 4.40. The lowest BCUT2D eigenvalue weighted by Gasteiger charge is -2.32. The van der Waals surface area contributed by atoms with Gasteiger partial charge in [0.05, 0.1) is 40.7 Å². The Morgan fingerprint density at radius 2 is 2.14 bits per heavy atom. The molecule has 6 heterocycles. The van der Waals surface area contributed by atoms with E-state index in [4.69, 9.17) is 9.52 Å². The Morgan fingerprint density at radius 3 is 2.91 bits per heavy atom. The van der Waals surface area contributed by atoms with E-state index in [-0.39, 0.29) is 19.6 Å². The predicted molar refractivity (Wildman–Crippen MR) is 142 cm³/mol. The quantitative estimate of drug-likeness (QED) is 0.224. The third kappa shape index (κ3) is 3.75. The molecule has 5 aromatic heterocycles. The van der Waals surface area contributed by atoms with Crippen molar-refractivity contribution in [2.75, 3.05) is 6.54 Å². The third-order valence-electron chi connectivity index (χ3n) is 6.30. The topological polar surface area (TPSA) is 123 Å². The minimum absolute atomic E-state index is 0.0729. The number of aryl methyl sites for hydroxylation is 1. The van der Waals surface area contributed by atoms with Crippen LogP contribution in [0.4, 0.5) is 0 Å². The second-order valence-electron chi connectivity index (χ2n) is 8.25. The summed E-state index contributed by atoms with van der Waals surface area (Å²) in [6.45, 7) is 2.37. The number of aromatic nitrogens is 8. The number of fused-ring (bicyclic) bond motifs is 2. The molecular formula is C22H19I2N9O2. The summed E-state index contributed by atoms with van der Waals surface area (Å²) in [5.74, 6) is -0.168. The van der Waals surface area contributed by atoms with Gasteiger partial charge in [-0.1, -0.05) is 51.2 Å². The Hall–Kier alpha value is -2.82. The van der Waals surface area contributed by atoms with Crippen molar-refractivity contribution in [3.8, 4) is 11.5 Å². The van der Waals surface area contributed by atoms with Crippen molar-refractivity contribution < 1.29 is 9.21 Å². The molecule has 5 aromatic rings. The first-order valence-electron chi connectivity index (χ1n) is 10.8. The lowest BCUT2D eigenvalue weighted by Crippen LogP contribution is -2.41. The van der Waals surface area contributed by atoms with Gasteiger partial charge in [0.1, 0.15) is 7.97 Å². The minimum Gasteiger partial charge on any atom is -0.412 e. The SMILES string of the molecule is Cc1c(-c2nnc(C(=O)N3CCc4[nH]cnc4[C@H]3c3cc4cccc(C(I)I)n4n3)o2)cnn1C. The lowest BCUT2D eigenvalue weighted by molar-refractivity contribution is 0.0646. The van der Waals surface area contributed by atoms with Crippen LogP contribution in [-0.2, 0) is 13.5 Å². The fourth-order valence-corrected chi connectivity index (χ4v) is 5.34. The Labute approximate surface area is 226 Å². The van der Waals surface area contributed by atoms with Crippen LogP contribution in [0.1, 0.15) is 47.1 Å². The van der Waals surface area contributed by atoms with E-state index < -0.39 is 6.04 Å². The van der Waals surface area contributed by atoms with Crippen molar-refractivity contribution in [2.45, 2.75) is 21.3 Å². The van der Waals surface area contributed by atoms with Crippen molar-refractivity contribution in [1.29, 1.82) is 0 Å². The molecule has 1 amide bonds. The molecular weight excluding hydrogens is 676 g/mol. The van der Waals surface area contributed by atoms with E-state index in [1.165, 1.54) is 0 Å². The van der Waals surface area contributed by atoms with Gasteiger partial charge < -0.3 is 14.3 Å². The standard InChI is InChI=1S/C22H19I2N9O2/c1-11-13(9-27-31(11)2)20-28-29-21(35-20)22(34)32-7-6-14-17(26-10-25-14)18(32)15-8-12-4-3-5-16(19(23)24)33(12)30-15/h3-5,8-10,18-19H,6-7H2,1-2H3,(H,25,26)/t18-/m1/s1. The number of hydrogen-bond donors (Lipinski definition) is 1. The largest absolute Gasteiger partial charge is 0.412 e. The summed E-state index contributed by atoms with van der Waals surface area (Å²) in [6.07, 6.45) is 3.95. The molecule has 0 saturated carbocycles. The Morgan fingerprint density at radius 1 is 1.29 bits per heavy atom. The van der Waals surface area contributed by atoms with Crippen molar-refractivity contribution in [3.05, 3.63) is 71.1 Å². The van der Waals surface area contributed by atoms with Gasteiger partial charge in [0.15, 0.2) is 0 Å². The number of carbonyl (C=O) groups is 1. The van der Waals surface area contributed by atoms with Crippen molar-refractivity contribution >= 4 is 56.6 Å². The first-order valence-corrected chi connectivity index (χ1v) is 13.3. The first-order chi connectivity index (χ1) is 16.9. The number of nitrogens with one attached hydrogen (secondary N) is 1. The second-order valence-corrected chi connectivity index (χ2v) is 13.1. The van der Waals surface area contributed by atoms with E-state index >= 15 is 0 Å². The Balaban J connectivity index is 1.41. The maximum Gasteiger partial charge on any atom is 0.312 e. The maximum atomic E-state index is 13.7. The molecule has 0 saturated heterocycles. The highest BCUT2D eigenvalue weighted by atomic mass is 127. The van der Waals surface area contributed by atoms with Crippen molar-refractivity contribution in [1.82, 2.24) is 44.5 Å². The zero-order valence-corrected chi connectivity index (χ0v) is 23.0. The molecule has 35 heavy (non-hydrogen) atoms. The van der Waals surface area contributed by atoms with E-state index in [2.05, 4.69) is 76.5 Å². The zero-order chi connectivity index (χ0) is 24.3. The van der Waals surface area contributed by atoms with Crippen LogP contribution >= 0.6 is 45.2 Å². The summed E-state index contributed by atoms with van der Waals surface area (Å²) in [4.78, 5) is 23.1. The van der Waals surface area contributed by atoms with Crippen LogP contribution in [0.25, 0.3) is 17.0 Å². The van der Waals surface area contributed by atoms with E-state index in [0.29, 0.717) is 18.5 Å². The fraction of sp³-hybridized carbons (Fsp3) is 0.273. The van der Waals surface area contributed by atoms with E-state index in [0.717, 1.165) is 34.0 Å². The van der Waals surface area contributed by atoms with Gasteiger partial charge in [-0.2, -0.15) is 10.2 Å². The van der Waals surface area contributed by atoms with Gasteiger partial charge in [0, 0.05) is 31.4 Å². The van der Waals surface area contributed by atoms with Crippen LogP contribution < -0.4 is 0 Å². The summed E-state index contributed by atoms with van der Waals surface area (Å²) in [5.41, 5.74) is 6.09. The second kappa shape index (κ2) is 8.69. The average molecular weight is 695 g/mol. The molecule has 6 rings (SSSR count). The molecule has 11 nitrogen and oxygen atoms in total. The van der Waals surface area contributed by atoms with Crippen LogP contribution in [-0.4, -0.2) is 56.9 Å². The number of alkyl halides is 2. The molecule has 1 atom stereocenters. The molecule has 0 bridgehead atoms. The van der Waals surface area contributed by atoms with Crippen LogP contribution in [0.5, 0.6) is 0 Å². The molecule has 1 aliphatic heterocycles. The monoisotopic (exact) mass is 695 g/mol. The number of halogens is 2. The number of rotatable bonds is 4. The molecule has 178 valence electrons. The zero-order valence-electron chi connectivity index (χ0n) is 18.7. The summed E-state index contributed by atoms with van der Waals surface area (Å²) >= 11 is 4.73. The third-order valence-corrected chi connectivity index (χ3v) is 7.57. The number of imidazole rings is 1. The highest BCUT2D eigenvalue weighted by Crippen LogP contribution is 2.36. The van der Waals surface area contributed by atoms with E-state index in [1.54, 1.807) is 22.1 Å². The Bertz CT molecular complexity index is 1560. The highest BCUT2D eigenvalue weighted by molar-refractivity contribution is 14.2. The molecule has 0 unspecified atom stereocenters. The predicted octanol–water partition coefficient (Wildman–Crippen LogP) is 3.81. The van der Waals surface area contributed by atoms with Crippen LogP contribution in [0.15, 0.2) is 41.2 Å². The smallest absolute Gasteiger partial charge is 0.312 e. The van der Waals surface area contributed by atoms with E-state index in [1.807, 2.05) is 36.7 Å². The molecule has 1 N–H and O–H groups in total. The first kappa shape index (κ1) is 22.6. The van der Waals surface area contributed by atoms with Gasteiger partial charge in [0.2, 0.25) is 0 Å². The Kier molecular flexibility index (Phi) is 5.62. The van der Waals surface area contributed by atoms with Crippen LogP contribution in [0.2, 0.25) is 0 Å². The van der Waals surface area contributed by atoms with Crippen LogP contribution in [0, 0.1) is 6.92 Å². The molecule has 0 aromatic carbocycles. The number of amides is 1. The highest BCUT2D eigenvalue weighted by Gasteiger charge is 2.38. The van der Waals surface area contributed by atoms with Gasteiger partial charge in [-0.25, -0.2) is 9.50 Å². The molecule has 13 heteroatoms. The van der Waals surface area contributed by atoms with Gasteiger partial charge >= 0.3 is 11.8 Å². The number of aromatic amines is 1. The number of nitrogens with zero attached hydrogens (tertiary/aromatic N) is 8. The lowest BCUT2D eigenvalue weighted by atomic mass is 9.99. The molecule has 0 aliphatic carbocycles. The van der Waals surface area contributed by atoms with Crippen LogP contribution in [0.3, 0.4) is 0 Å². The molecule has 1 aliphatic rings. The van der Waals surface area contributed by atoms with Gasteiger partial charge in [-0.3, -0.25) is 9.48 Å². The normalized spacial score (nSPS) is 15.8. The van der Waals surface area contributed by atoms with Crippen molar-refractivity contribution in [2.24, 2.45) is 7.05 Å². The number of pyridine rings is 1. The summed E-state index contributed by atoms with van der Waals surface area (Å²) < 4.78 is 9.70. The number of carbonyl (C=O) groups excluding carboxylic acids is 1. The van der Waals surface area contributed by atoms with Gasteiger partial charge in [0.25, 0.3) is 5.89 Å². The molecule has 0 radical (unpaired) electrons. The summed E-state index contributed by atoms with van der Waals surface area (Å²) in [6, 6.07) is 7.60. The minimum atomic E-state index is -0.484. The number of hydrogen-bond acceptors (Lipinski definition) is 7. The van der Waals surface area contributed by atoms with E-state index in [9.17, 15) is 4.79 Å². The van der Waals surface area contributed by atoms with Gasteiger partial charge in [-0.05, 0) is 25.1 Å². The average Bonchev–Trinajstić information content (AvgIpc) is 3.64. The molecule has 0 fully saturated rings. The van der Waals surface area contributed by atoms with Crippen molar-refractivity contribution in [3.63, 3.8) is 0 Å². The number of H-pyrrole nitrogens is 1.